The molecule has 3 rings (SSSR count). The second-order valence-corrected chi connectivity index (χ2v) is 5.18. The second-order valence-electron chi connectivity index (χ2n) is 5.18. The van der Waals surface area contributed by atoms with Gasteiger partial charge in [-0.3, -0.25) is 4.79 Å². The van der Waals surface area contributed by atoms with Gasteiger partial charge in [-0.15, -0.1) is 0 Å². The van der Waals surface area contributed by atoms with E-state index < -0.39 is 6.10 Å². The summed E-state index contributed by atoms with van der Waals surface area (Å²) >= 11 is 0. The number of aliphatic hydroxyl groups excluding tert-OH is 1. The molecule has 0 saturated carbocycles. The SMILES string of the molecule is CC(O)CNc1ccc(NC(=O)c2ccc3c(c2)OCO3)cn1. The number of rotatable bonds is 5. The quantitative estimate of drug-likeness (QED) is 0.780. The first-order chi connectivity index (χ1) is 11.1. The van der Waals surface area contributed by atoms with E-state index in [1.165, 1.54) is 0 Å². The van der Waals surface area contributed by atoms with Crippen LogP contribution in [0.2, 0.25) is 0 Å². The fourth-order valence-electron chi connectivity index (χ4n) is 2.07. The zero-order chi connectivity index (χ0) is 16.2. The molecule has 0 radical (unpaired) electrons. The minimum absolute atomic E-state index is 0.172. The van der Waals surface area contributed by atoms with Gasteiger partial charge in [-0.05, 0) is 37.3 Å². The van der Waals surface area contributed by atoms with Gasteiger partial charge in [0.25, 0.3) is 5.91 Å². The monoisotopic (exact) mass is 315 g/mol. The molecule has 7 heteroatoms. The van der Waals surface area contributed by atoms with Crippen LogP contribution in [-0.2, 0) is 0 Å². The number of hydrogen-bond donors (Lipinski definition) is 3. The summed E-state index contributed by atoms with van der Waals surface area (Å²) in [5.74, 6) is 1.58. The summed E-state index contributed by atoms with van der Waals surface area (Å²) in [5.41, 5.74) is 1.06. The highest BCUT2D eigenvalue weighted by Crippen LogP contribution is 2.32. The van der Waals surface area contributed by atoms with Crippen LogP contribution in [0.15, 0.2) is 36.5 Å². The third kappa shape index (κ3) is 3.70. The number of nitrogens with one attached hydrogen (secondary N) is 2. The number of carbonyl (C=O) groups excluding carboxylic acids is 1. The van der Waals surface area contributed by atoms with E-state index in [0.717, 1.165) is 0 Å². The fraction of sp³-hybridized carbons (Fsp3) is 0.250. The number of amides is 1. The second kappa shape index (κ2) is 6.53. The van der Waals surface area contributed by atoms with E-state index in [9.17, 15) is 9.90 Å². The van der Waals surface area contributed by atoms with Crippen LogP contribution in [-0.4, -0.2) is 35.4 Å². The molecule has 7 nitrogen and oxygen atoms in total. The van der Waals surface area contributed by atoms with E-state index in [0.29, 0.717) is 35.1 Å². The van der Waals surface area contributed by atoms with E-state index in [1.807, 2.05) is 0 Å². The minimum Gasteiger partial charge on any atom is -0.454 e. The van der Waals surface area contributed by atoms with Crippen molar-refractivity contribution in [2.75, 3.05) is 24.0 Å². The van der Waals surface area contributed by atoms with Crippen LogP contribution in [0.3, 0.4) is 0 Å². The Hall–Kier alpha value is -2.80. The van der Waals surface area contributed by atoms with Crippen LogP contribution in [0, 0.1) is 0 Å². The number of hydrogen-bond acceptors (Lipinski definition) is 6. The number of pyridine rings is 1. The van der Waals surface area contributed by atoms with Gasteiger partial charge in [0.15, 0.2) is 11.5 Å². The van der Waals surface area contributed by atoms with Gasteiger partial charge in [0, 0.05) is 12.1 Å². The first-order valence-electron chi connectivity index (χ1n) is 7.21. The lowest BCUT2D eigenvalue weighted by molar-refractivity contribution is 0.102. The molecule has 120 valence electrons. The number of nitrogens with zero attached hydrogens (tertiary/aromatic N) is 1. The van der Waals surface area contributed by atoms with Gasteiger partial charge in [-0.2, -0.15) is 0 Å². The molecule has 2 heterocycles. The maximum Gasteiger partial charge on any atom is 0.255 e. The van der Waals surface area contributed by atoms with Crippen molar-refractivity contribution >= 4 is 17.4 Å². The minimum atomic E-state index is -0.456. The number of benzene rings is 1. The predicted octanol–water partition coefficient (Wildman–Crippen LogP) is 1.86. The highest BCUT2D eigenvalue weighted by molar-refractivity contribution is 6.04. The molecular weight excluding hydrogens is 298 g/mol. The average molecular weight is 315 g/mol. The van der Waals surface area contributed by atoms with Gasteiger partial charge in [0.2, 0.25) is 6.79 Å². The van der Waals surface area contributed by atoms with Gasteiger partial charge in [-0.25, -0.2) is 4.98 Å². The van der Waals surface area contributed by atoms with Crippen molar-refractivity contribution in [2.45, 2.75) is 13.0 Å². The van der Waals surface area contributed by atoms with E-state index >= 15 is 0 Å². The molecule has 0 spiro atoms. The number of aromatic nitrogens is 1. The lowest BCUT2D eigenvalue weighted by Crippen LogP contribution is -2.16. The van der Waals surface area contributed by atoms with Crippen molar-refractivity contribution < 1.29 is 19.4 Å². The van der Waals surface area contributed by atoms with Crippen molar-refractivity contribution in [2.24, 2.45) is 0 Å². The molecule has 1 aromatic heterocycles. The van der Waals surface area contributed by atoms with Gasteiger partial charge >= 0.3 is 0 Å². The van der Waals surface area contributed by atoms with Crippen LogP contribution >= 0.6 is 0 Å². The Balaban J connectivity index is 1.63. The summed E-state index contributed by atoms with van der Waals surface area (Å²) in [5, 5.41) is 15.0. The largest absolute Gasteiger partial charge is 0.454 e. The number of fused-ring (bicyclic) bond motifs is 1. The number of carbonyl (C=O) groups is 1. The fourth-order valence-corrected chi connectivity index (χ4v) is 2.07. The van der Waals surface area contributed by atoms with Crippen molar-refractivity contribution in [3.05, 3.63) is 42.1 Å². The van der Waals surface area contributed by atoms with Crippen molar-refractivity contribution in [3.63, 3.8) is 0 Å². The Morgan fingerprint density at radius 1 is 1.30 bits per heavy atom. The molecule has 0 fully saturated rings. The number of ether oxygens (including phenoxy) is 2. The summed E-state index contributed by atoms with van der Waals surface area (Å²) in [6.45, 7) is 2.27. The number of aliphatic hydroxyl groups is 1. The van der Waals surface area contributed by atoms with Crippen LogP contribution in [0.25, 0.3) is 0 Å². The summed E-state index contributed by atoms with van der Waals surface area (Å²) in [7, 11) is 0. The highest BCUT2D eigenvalue weighted by Gasteiger charge is 2.16. The molecule has 1 aromatic carbocycles. The molecule has 1 amide bonds. The third-order valence-electron chi connectivity index (χ3n) is 3.23. The Morgan fingerprint density at radius 3 is 2.87 bits per heavy atom. The Kier molecular flexibility index (Phi) is 4.29. The lowest BCUT2D eigenvalue weighted by atomic mass is 10.2. The number of anilines is 2. The van der Waals surface area contributed by atoms with Crippen LogP contribution < -0.4 is 20.1 Å². The molecule has 0 bridgehead atoms. The van der Waals surface area contributed by atoms with Crippen molar-refractivity contribution in [1.29, 1.82) is 0 Å². The van der Waals surface area contributed by atoms with Gasteiger partial charge in [0.05, 0.1) is 18.0 Å². The summed E-state index contributed by atoms with van der Waals surface area (Å²) in [4.78, 5) is 16.4. The lowest BCUT2D eigenvalue weighted by Gasteiger charge is -2.09. The van der Waals surface area contributed by atoms with Crippen LogP contribution in [0.5, 0.6) is 11.5 Å². The first-order valence-corrected chi connectivity index (χ1v) is 7.21. The van der Waals surface area contributed by atoms with Gasteiger partial charge < -0.3 is 25.2 Å². The van der Waals surface area contributed by atoms with Crippen LogP contribution in [0.1, 0.15) is 17.3 Å². The standard InChI is InChI=1S/C16H17N3O4/c1-10(20)7-17-15-5-3-12(8-18-15)19-16(21)11-2-4-13-14(6-11)23-9-22-13/h2-6,8,10,20H,7,9H2,1H3,(H,17,18)(H,19,21). The van der Waals surface area contributed by atoms with Gasteiger partial charge in [0.1, 0.15) is 5.82 Å². The Morgan fingerprint density at radius 2 is 2.13 bits per heavy atom. The molecule has 1 aliphatic rings. The maximum atomic E-state index is 12.2. The molecular formula is C16H17N3O4. The summed E-state index contributed by atoms with van der Waals surface area (Å²) < 4.78 is 10.5. The van der Waals surface area contributed by atoms with E-state index in [1.54, 1.807) is 43.5 Å². The first kappa shape index (κ1) is 15.1. The van der Waals surface area contributed by atoms with Crippen LogP contribution in [0.4, 0.5) is 11.5 Å². The zero-order valence-corrected chi connectivity index (χ0v) is 12.6. The maximum absolute atomic E-state index is 12.2. The normalized spacial score (nSPS) is 13.5. The molecule has 1 atom stereocenters. The molecule has 1 unspecified atom stereocenters. The Labute approximate surface area is 133 Å². The van der Waals surface area contributed by atoms with E-state index in [4.69, 9.17) is 9.47 Å². The van der Waals surface area contributed by atoms with Gasteiger partial charge in [-0.1, -0.05) is 0 Å². The molecule has 2 aromatic rings. The molecule has 0 saturated heterocycles. The smallest absolute Gasteiger partial charge is 0.255 e. The Bertz CT molecular complexity index is 701. The molecule has 0 aliphatic carbocycles. The molecule has 3 N–H and O–H groups in total. The molecule has 23 heavy (non-hydrogen) atoms. The van der Waals surface area contributed by atoms with E-state index in [2.05, 4.69) is 15.6 Å². The topological polar surface area (TPSA) is 92.7 Å². The summed E-state index contributed by atoms with van der Waals surface area (Å²) in [6, 6.07) is 8.50. The predicted molar refractivity (Wildman–Crippen MR) is 84.9 cm³/mol. The summed E-state index contributed by atoms with van der Waals surface area (Å²) in [6.07, 6.45) is 1.09. The van der Waals surface area contributed by atoms with Crippen molar-refractivity contribution in [3.8, 4) is 11.5 Å². The van der Waals surface area contributed by atoms with E-state index in [-0.39, 0.29) is 12.7 Å². The molecule has 1 aliphatic heterocycles. The third-order valence-corrected chi connectivity index (χ3v) is 3.23. The average Bonchev–Trinajstić information content (AvgIpc) is 3.01. The zero-order valence-electron chi connectivity index (χ0n) is 12.6. The highest BCUT2D eigenvalue weighted by atomic mass is 16.7. The van der Waals surface area contributed by atoms with Crippen molar-refractivity contribution in [1.82, 2.24) is 4.98 Å².